The number of fused-ring (bicyclic) bond motifs is 2. The first kappa shape index (κ1) is 31.6. The molecule has 0 bridgehead atoms. The molecule has 0 N–H and O–H groups in total. The van der Waals surface area contributed by atoms with Gasteiger partial charge in [-0.1, -0.05) is 17.4 Å². The van der Waals surface area contributed by atoms with E-state index in [0.29, 0.717) is 44.3 Å². The Labute approximate surface area is 275 Å². The van der Waals surface area contributed by atoms with Gasteiger partial charge in [-0.15, -0.1) is 11.3 Å². The number of carbonyl (C=O) groups is 1. The van der Waals surface area contributed by atoms with Crippen LogP contribution in [0.4, 0.5) is 0 Å². The Hall–Kier alpha value is -4.40. The predicted molar refractivity (Wildman–Crippen MR) is 179 cm³/mol. The first-order chi connectivity index (χ1) is 22.2. The molecule has 2 aliphatic rings. The van der Waals surface area contributed by atoms with Crippen molar-refractivity contribution in [2.24, 2.45) is 4.99 Å². The molecule has 0 unspecified atom stereocenters. The van der Waals surface area contributed by atoms with Gasteiger partial charge in [0.15, 0.2) is 16.3 Å². The molecule has 0 spiro atoms. The molecule has 4 heterocycles. The van der Waals surface area contributed by atoms with E-state index in [-0.39, 0.29) is 12.2 Å². The van der Waals surface area contributed by atoms with Crippen molar-refractivity contribution < 1.29 is 19.0 Å². The average Bonchev–Trinajstić information content (AvgIpc) is 3.65. The second-order valence-electron chi connectivity index (χ2n) is 11.3. The van der Waals surface area contributed by atoms with Crippen molar-refractivity contribution in [1.82, 2.24) is 9.13 Å². The van der Waals surface area contributed by atoms with Crippen LogP contribution in [0.1, 0.15) is 78.2 Å². The van der Waals surface area contributed by atoms with Crippen molar-refractivity contribution >= 4 is 34.7 Å². The summed E-state index contributed by atoms with van der Waals surface area (Å²) in [6, 6.07) is 9.18. The highest BCUT2D eigenvalue weighted by Crippen LogP contribution is 2.39. The largest absolute Gasteiger partial charge is 0.493 e. The molecule has 1 aromatic carbocycles. The van der Waals surface area contributed by atoms with Gasteiger partial charge in [0.25, 0.3) is 5.56 Å². The van der Waals surface area contributed by atoms with E-state index in [1.54, 1.807) is 42.9 Å². The molecule has 0 saturated heterocycles. The molecule has 1 aliphatic heterocycles. The Kier molecular flexibility index (Phi) is 8.77. The summed E-state index contributed by atoms with van der Waals surface area (Å²) in [6.07, 6.45) is 6.10. The molecule has 0 fully saturated rings. The number of esters is 1. The molecule has 238 valence electrons. The van der Waals surface area contributed by atoms with E-state index < -0.39 is 12.0 Å². The van der Waals surface area contributed by atoms with Gasteiger partial charge in [0.2, 0.25) is 0 Å². The van der Waals surface area contributed by atoms with Crippen molar-refractivity contribution in [2.45, 2.75) is 66.3 Å². The highest BCUT2D eigenvalue weighted by atomic mass is 32.1. The second-order valence-corrected chi connectivity index (χ2v) is 13.4. The van der Waals surface area contributed by atoms with Crippen LogP contribution in [-0.4, -0.2) is 35.4 Å². The van der Waals surface area contributed by atoms with Gasteiger partial charge in [-0.2, -0.15) is 5.26 Å². The minimum Gasteiger partial charge on any atom is -0.493 e. The number of hydrogen-bond acceptors (Lipinski definition) is 9. The highest BCUT2D eigenvalue weighted by Gasteiger charge is 2.34. The number of allylic oxidation sites excluding steroid dienone is 1. The maximum absolute atomic E-state index is 14.3. The van der Waals surface area contributed by atoms with Gasteiger partial charge in [0.1, 0.15) is 11.1 Å². The van der Waals surface area contributed by atoms with Gasteiger partial charge >= 0.3 is 5.97 Å². The summed E-state index contributed by atoms with van der Waals surface area (Å²) in [5, 5.41) is 11.1. The zero-order chi connectivity index (χ0) is 32.7. The van der Waals surface area contributed by atoms with Crippen LogP contribution in [0.15, 0.2) is 45.3 Å². The molecule has 46 heavy (non-hydrogen) atoms. The van der Waals surface area contributed by atoms with E-state index in [9.17, 15) is 14.9 Å². The van der Waals surface area contributed by atoms with Crippen LogP contribution in [-0.2, 0) is 22.4 Å². The quantitative estimate of drug-likeness (QED) is 0.234. The number of ether oxygens (including phenoxy) is 3. The SMILES string of the molecule is CCOC(=O)C1=C(C)N=c2s/c(=C/c3cc(C)n(-c4sc5c(c4C#N)CCCC5)c3C)c(=O)n2[C@H]1c1ccc(OC)c(OCC)c1. The number of aromatic nitrogens is 2. The lowest BCUT2D eigenvalue weighted by Gasteiger charge is -2.25. The van der Waals surface area contributed by atoms with Crippen LogP contribution < -0.4 is 24.4 Å². The Morgan fingerprint density at radius 2 is 1.89 bits per heavy atom. The number of carbonyl (C=O) groups excluding carboxylic acids is 1. The summed E-state index contributed by atoms with van der Waals surface area (Å²) < 4.78 is 21.0. The number of thiophene rings is 1. The lowest BCUT2D eigenvalue weighted by atomic mass is 9.95. The number of thiazole rings is 1. The summed E-state index contributed by atoms with van der Waals surface area (Å²) in [7, 11) is 1.57. The Morgan fingerprint density at radius 3 is 2.61 bits per heavy atom. The molecule has 9 nitrogen and oxygen atoms in total. The van der Waals surface area contributed by atoms with Crippen molar-refractivity contribution in [3.8, 4) is 22.6 Å². The zero-order valence-corrected chi connectivity index (χ0v) is 28.5. The van der Waals surface area contributed by atoms with Gasteiger partial charge in [0.05, 0.1) is 47.7 Å². The minimum atomic E-state index is -0.773. The fourth-order valence-electron chi connectivity index (χ4n) is 6.45. The number of methoxy groups -OCH3 is 1. The maximum atomic E-state index is 14.3. The monoisotopic (exact) mass is 656 g/mol. The van der Waals surface area contributed by atoms with Gasteiger partial charge in [-0.3, -0.25) is 9.36 Å². The fraction of sp³-hybridized carbons (Fsp3) is 0.371. The van der Waals surface area contributed by atoms with E-state index in [1.807, 2.05) is 39.0 Å². The van der Waals surface area contributed by atoms with E-state index in [1.165, 1.54) is 21.8 Å². The predicted octanol–water partition coefficient (Wildman–Crippen LogP) is 5.43. The van der Waals surface area contributed by atoms with Crippen molar-refractivity contribution in [3.63, 3.8) is 0 Å². The summed E-state index contributed by atoms with van der Waals surface area (Å²) in [5.74, 6) is 0.548. The molecule has 6 rings (SSSR count). The number of aryl methyl sites for hydroxylation is 2. The molecular weight excluding hydrogens is 621 g/mol. The lowest BCUT2D eigenvalue weighted by Crippen LogP contribution is -2.40. The molecular formula is C35H36N4O5S2. The van der Waals surface area contributed by atoms with Crippen LogP contribution in [0.3, 0.4) is 0 Å². The fourth-order valence-corrected chi connectivity index (χ4v) is 8.94. The van der Waals surface area contributed by atoms with Gasteiger partial charge in [-0.05, 0) is 101 Å². The maximum Gasteiger partial charge on any atom is 0.338 e. The number of benzene rings is 1. The number of nitrogens with zero attached hydrogens (tertiary/aromatic N) is 4. The van der Waals surface area contributed by atoms with E-state index >= 15 is 0 Å². The molecule has 1 aliphatic carbocycles. The van der Waals surface area contributed by atoms with E-state index in [2.05, 4.69) is 16.7 Å². The molecule has 4 aromatic rings. The van der Waals surface area contributed by atoms with Crippen LogP contribution in [0.25, 0.3) is 11.1 Å². The Bertz CT molecular complexity index is 2120. The molecule has 0 saturated carbocycles. The molecule has 0 radical (unpaired) electrons. The van der Waals surface area contributed by atoms with Crippen molar-refractivity contribution in [1.29, 1.82) is 5.26 Å². The van der Waals surface area contributed by atoms with Crippen LogP contribution in [0, 0.1) is 25.2 Å². The van der Waals surface area contributed by atoms with Crippen molar-refractivity contribution in [3.05, 3.63) is 93.7 Å². The van der Waals surface area contributed by atoms with Crippen molar-refractivity contribution in [2.75, 3.05) is 20.3 Å². The molecule has 11 heteroatoms. The van der Waals surface area contributed by atoms with Gasteiger partial charge in [-0.25, -0.2) is 9.79 Å². The number of nitriles is 1. The zero-order valence-electron chi connectivity index (χ0n) is 26.9. The number of hydrogen-bond donors (Lipinski definition) is 0. The first-order valence-electron chi connectivity index (χ1n) is 15.5. The summed E-state index contributed by atoms with van der Waals surface area (Å²) in [5.41, 5.74) is 6.01. The average molecular weight is 657 g/mol. The minimum absolute atomic E-state index is 0.190. The van der Waals surface area contributed by atoms with Crippen LogP contribution in [0.5, 0.6) is 11.5 Å². The van der Waals surface area contributed by atoms with Gasteiger partial charge < -0.3 is 18.8 Å². The topological polar surface area (TPSA) is 108 Å². The summed E-state index contributed by atoms with van der Waals surface area (Å²) >= 11 is 2.99. The van der Waals surface area contributed by atoms with Crippen LogP contribution in [0.2, 0.25) is 0 Å². The smallest absolute Gasteiger partial charge is 0.338 e. The van der Waals surface area contributed by atoms with Crippen LogP contribution >= 0.6 is 22.7 Å². The third-order valence-corrected chi connectivity index (χ3v) is 10.8. The molecule has 1 atom stereocenters. The normalized spacial score (nSPS) is 16.0. The standard InChI is InChI=1S/C35H36N4O5S2/c1-7-43-27-16-22(13-14-26(27)42-6)31-30(34(41)44-8-2)20(4)37-35-39(31)32(40)29(46-35)17-23-15-19(3)38(21(23)5)33-25(18-36)24-11-9-10-12-28(24)45-33/h13-17,31H,7-12H2,1-6H3/b29-17+/t31-/m0/s1. The third kappa shape index (κ3) is 5.29. The molecule has 3 aromatic heterocycles. The lowest BCUT2D eigenvalue weighted by molar-refractivity contribution is -0.139. The first-order valence-corrected chi connectivity index (χ1v) is 17.1. The third-order valence-electron chi connectivity index (χ3n) is 8.54. The number of rotatable bonds is 8. The Morgan fingerprint density at radius 1 is 1.11 bits per heavy atom. The molecule has 0 amide bonds. The summed E-state index contributed by atoms with van der Waals surface area (Å²) in [6.45, 7) is 10.1. The Balaban J connectivity index is 1.52. The van der Waals surface area contributed by atoms with E-state index in [0.717, 1.165) is 53.2 Å². The van der Waals surface area contributed by atoms with E-state index in [4.69, 9.17) is 19.2 Å². The second kappa shape index (κ2) is 12.8. The van der Waals surface area contributed by atoms with Gasteiger partial charge in [0, 0.05) is 16.3 Å². The highest BCUT2D eigenvalue weighted by molar-refractivity contribution is 7.15. The summed E-state index contributed by atoms with van der Waals surface area (Å²) in [4.78, 5) is 34.1.